The van der Waals surface area contributed by atoms with Crippen LogP contribution in [0.1, 0.15) is 42.9 Å². The van der Waals surface area contributed by atoms with E-state index in [1.54, 1.807) is 4.90 Å². The van der Waals surface area contributed by atoms with E-state index in [1.807, 2.05) is 36.4 Å². The SMILES string of the molecule is O=C(O)N(CC(C(=O)N1CC(c2cc(F)ccc2F)=C[C@H]1c1ccccc1)C1CC1)C1CCNCC1. The monoisotopic (exact) mass is 495 g/mol. The fraction of sp³-hybridized carbons (Fsp3) is 0.429. The lowest BCUT2D eigenvalue weighted by molar-refractivity contribution is -0.137. The molecule has 36 heavy (non-hydrogen) atoms. The largest absolute Gasteiger partial charge is 0.465 e. The van der Waals surface area contributed by atoms with Gasteiger partial charge in [-0.15, -0.1) is 0 Å². The Kier molecular flexibility index (Phi) is 7.05. The smallest absolute Gasteiger partial charge is 0.407 e. The van der Waals surface area contributed by atoms with Crippen LogP contribution in [-0.2, 0) is 4.79 Å². The average Bonchev–Trinajstić information content (AvgIpc) is 3.63. The minimum Gasteiger partial charge on any atom is -0.465 e. The van der Waals surface area contributed by atoms with Gasteiger partial charge < -0.3 is 20.2 Å². The van der Waals surface area contributed by atoms with Crippen LogP contribution in [0.3, 0.4) is 0 Å². The van der Waals surface area contributed by atoms with E-state index >= 15 is 0 Å². The van der Waals surface area contributed by atoms with Crippen LogP contribution in [-0.4, -0.2) is 59.1 Å². The molecule has 2 N–H and O–H groups in total. The molecule has 1 saturated carbocycles. The van der Waals surface area contributed by atoms with Gasteiger partial charge >= 0.3 is 6.09 Å². The summed E-state index contributed by atoms with van der Waals surface area (Å²) in [6.07, 6.45) is 4.05. The highest BCUT2D eigenvalue weighted by Crippen LogP contribution is 2.42. The zero-order valence-corrected chi connectivity index (χ0v) is 20.1. The van der Waals surface area contributed by atoms with E-state index in [1.165, 1.54) is 11.0 Å². The predicted octanol–water partition coefficient (Wildman–Crippen LogP) is 4.69. The highest BCUT2D eigenvalue weighted by molar-refractivity contribution is 5.86. The highest BCUT2D eigenvalue weighted by atomic mass is 19.1. The maximum absolute atomic E-state index is 14.7. The summed E-state index contributed by atoms with van der Waals surface area (Å²) in [5.74, 6) is -1.54. The first-order valence-corrected chi connectivity index (χ1v) is 12.6. The topological polar surface area (TPSA) is 72.9 Å². The molecular weight excluding hydrogens is 464 g/mol. The first-order chi connectivity index (χ1) is 17.4. The molecule has 1 saturated heterocycles. The van der Waals surface area contributed by atoms with Crippen molar-refractivity contribution in [3.8, 4) is 0 Å². The van der Waals surface area contributed by atoms with Crippen LogP contribution >= 0.6 is 0 Å². The predicted molar refractivity (Wildman–Crippen MR) is 132 cm³/mol. The molecule has 1 unspecified atom stereocenters. The summed E-state index contributed by atoms with van der Waals surface area (Å²) in [5.41, 5.74) is 1.58. The van der Waals surface area contributed by atoms with Crippen molar-refractivity contribution < 1.29 is 23.5 Å². The molecule has 1 aliphatic carbocycles. The normalized spacial score (nSPS) is 21.2. The minimum absolute atomic E-state index is 0.114. The van der Waals surface area contributed by atoms with Crippen LogP contribution < -0.4 is 5.32 Å². The van der Waals surface area contributed by atoms with Crippen molar-refractivity contribution in [2.45, 2.75) is 37.8 Å². The molecule has 2 aromatic rings. The number of rotatable bonds is 7. The lowest BCUT2D eigenvalue weighted by Crippen LogP contribution is -2.50. The van der Waals surface area contributed by atoms with Crippen LogP contribution in [0.2, 0.25) is 0 Å². The molecular formula is C28H31F2N3O3. The van der Waals surface area contributed by atoms with Crippen molar-refractivity contribution in [1.82, 2.24) is 15.1 Å². The molecule has 2 atom stereocenters. The lowest BCUT2D eigenvalue weighted by atomic mass is 9.97. The molecule has 0 spiro atoms. The Morgan fingerprint density at radius 2 is 1.78 bits per heavy atom. The lowest BCUT2D eigenvalue weighted by Gasteiger charge is -2.36. The van der Waals surface area contributed by atoms with Gasteiger partial charge in [-0.3, -0.25) is 4.79 Å². The van der Waals surface area contributed by atoms with Gasteiger partial charge in [0, 0.05) is 24.7 Å². The Hall–Kier alpha value is -3.26. The second-order valence-electron chi connectivity index (χ2n) is 10.00. The zero-order valence-electron chi connectivity index (χ0n) is 20.1. The fourth-order valence-electron chi connectivity index (χ4n) is 5.53. The number of nitrogens with zero attached hydrogens (tertiary/aromatic N) is 2. The number of hydrogen-bond donors (Lipinski definition) is 2. The van der Waals surface area contributed by atoms with Gasteiger partial charge in [-0.1, -0.05) is 36.4 Å². The van der Waals surface area contributed by atoms with Gasteiger partial charge in [-0.05, 0) is 74.0 Å². The maximum atomic E-state index is 14.7. The van der Waals surface area contributed by atoms with Gasteiger partial charge in [0.15, 0.2) is 0 Å². The van der Waals surface area contributed by atoms with E-state index < -0.39 is 29.7 Å². The maximum Gasteiger partial charge on any atom is 0.407 e. The summed E-state index contributed by atoms with van der Waals surface area (Å²) < 4.78 is 28.6. The summed E-state index contributed by atoms with van der Waals surface area (Å²) in [6, 6.07) is 12.3. The number of carbonyl (C=O) groups is 2. The minimum atomic E-state index is -0.998. The Morgan fingerprint density at radius 1 is 1.06 bits per heavy atom. The second-order valence-corrected chi connectivity index (χ2v) is 10.00. The molecule has 3 aliphatic rings. The zero-order chi connectivity index (χ0) is 25.2. The molecule has 2 amide bonds. The summed E-state index contributed by atoms with van der Waals surface area (Å²) in [6.45, 7) is 1.81. The second kappa shape index (κ2) is 10.4. The van der Waals surface area contributed by atoms with Crippen LogP contribution in [0.15, 0.2) is 54.6 Å². The van der Waals surface area contributed by atoms with Crippen molar-refractivity contribution in [2.75, 3.05) is 26.2 Å². The van der Waals surface area contributed by atoms with Gasteiger partial charge in [0.1, 0.15) is 11.6 Å². The number of benzene rings is 2. The molecule has 2 aliphatic heterocycles. The number of carboxylic acid groups (broad SMARTS) is 1. The number of amides is 2. The van der Waals surface area contributed by atoms with Gasteiger partial charge in [-0.25, -0.2) is 13.6 Å². The van der Waals surface area contributed by atoms with Gasteiger partial charge in [0.25, 0.3) is 0 Å². The third-order valence-electron chi connectivity index (χ3n) is 7.63. The van der Waals surface area contributed by atoms with E-state index in [4.69, 9.17) is 0 Å². The molecule has 2 heterocycles. The van der Waals surface area contributed by atoms with E-state index in [0.29, 0.717) is 5.57 Å². The molecule has 0 bridgehead atoms. The summed E-state index contributed by atoms with van der Waals surface area (Å²) in [7, 11) is 0. The quantitative estimate of drug-likeness (QED) is 0.585. The number of hydrogen-bond acceptors (Lipinski definition) is 3. The van der Waals surface area contributed by atoms with Crippen LogP contribution in [0.4, 0.5) is 13.6 Å². The van der Waals surface area contributed by atoms with Crippen LogP contribution in [0.25, 0.3) is 5.57 Å². The molecule has 5 rings (SSSR count). The summed E-state index contributed by atoms with van der Waals surface area (Å²) in [5, 5.41) is 13.3. The number of carbonyl (C=O) groups excluding carboxylic acids is 1. The van der Waals surface area contributed by atoms with Gasteiger partial charge in [-0.2, -0.15) is 0 Å². The van der Waals surface area contributed by atoms with Crippen molar-refractivity contribution in [3.63, 3.8) is 0 Å². The summed E-state index contributed by atoms with van der Waals surface area (Å²) in [4.78, 5) is 29.4. The first kappa shape index (κ1) is 24.4. The third-order valence-corrected chi connectivity index (χ3v) is 7.63. The molecule has 2 aromatic carbocycles. The highest BCUT2D eigenvalue weighted by Gasteiger charge is 2.44. The Bertz CT molecular complexity index is 1150. The van der Waals surface area contributed by atoms with E-state index in [2.05, 4.69) is 5.32 Å². The van der Waals surface area contributed by atoms with Crippen molar-refractivity contribution in [3.05, 3.63) is 77.4 Å². The van der Waals surface area contributed by atoms with Crippen molar-refractivity contribution in [1.29, 1.82) is 0 Å². The molecule has 190 valence electrons. The average molecular weight is 496 g/mol. The Balaban J connectivity index is 1.44. The Labute approximate surface area is 209 Å². The summed E-state index contributed by atoms with van der Waals surface area (Å²) >= 11 is 0. The molecule has 6 nitrogen and oxygen atoms in total. The van der Waals surface area contributed by atoms with E-state index in [0.717, 1.165) is 56.5 Å². The number of nitrogens with one attached hydrogen (secondary N) is 1. The third kappa shape index (κ3) is 5.14. The Morgan fingerprint density at radius 3 is 2.44 bits per heavy atom. The van der Waals surface area contributed by atoms with E-state index in [9.17, 15) is 23.5 Å². The number of piperidine rings is 1. The first-order valence-electron chi connectivity index (χ1n) is 12.6. The van der Waals surface area contributed by atoms with Gasteiger partial charge in [0.05, 0.1) is 12.0 Å². The van der Waals surface area contributed by atoms with Crippen LogP contribution in [0.5, 0.6) is 0 Å². The molecule has 8 heteroatoms. The molecule has 0 aromatic heterocycles. The number of halogens is 2. The van der Waals surface area contributed by atoms with Crippen LogP contribution in [0, 0.1) is 23.5 Å². The fourth-order valence-corrected chi connectivity index (χ4v) is 5.53. The van der Waals surface area contributed by atoms with E-state index in [-0.39, 0.29) is 36.5 Å². The molecule has 0 radical (unpaired) electrons. The van der Waals surface area contributed by atoms with Gasteiger partial charge in [0.2, 0.25) is 5.91 Å². The van der Waals surface area contributed by atoms with Crippen molar-refractivity contribution >= 4 is 17.6 Å². The molecule has 2 fully saturated rings. The standard InChI is InChI=1S/C28H31F2N3O3/c29-21-8-9-25(30)23(15-21)20-14-26(19-4-2-1-3-5-19)33(16-20)27(34)24(18-6-7-18)17-32(28(35)36)22-10-12-31-13-11-22/h1-5,8-9,14-15,18,22,24,26,31H,6-7,10-13,16-17H2,(H,35,36)/t24?,26-/m0/s1. The van der Waals surface area contributed by atoms with Crippen molar-refractivity contribution in [2.24, 2.45) is 11.8 Å².